The second-order valence-corrected chi connectivity index (χ2v) is 17.5. The zero-order chi connectivity index (χ0) is 34.9. The van der Waals surface area contributed by atoms with E-state index in [1.54, 1.807) is 0 Å². The summed E-state index contributed by atoms with van der Waals surface area (Å²) in [5.41, 5.74) is 6.15. The van der Waals surface area contributed by atoms with Crippen LogP contribution < -0.4 is 4.90 Å². The van der Waals surface area contributed by atoms with Crippen molar-refractivity contribution < 1.29 is 24.5 Å². The van der Waals surface area contributed by atoms with E-state index in [-0.39, 0.29) is 47.9 Å². The van der Waals surface area contributed by atoms with Crippen molar-refractivity contribution in [1.29, 1.82) is 0 Å². The first-order valence-corrected chi connectivity index (χ1v) is 19.3. The second-order valence-electron chi connectivity index (χ2n) is 17.5. The number of anilines is 1. The smallest absolute Gasteiger partial charge is 0.316 e. The van der Waals surface area contributed by atoms with Crippen molar-refractivity contribution in [2.75, 3.05) is 38.8 Å². The van der Waals surface area contributed by atoms with E-state index in [0.29, 0.717) is 25.1 Å². The predicted octanol–water partition coefficient (Wildman–Crippen LogP) is 4.15. The van der Waals surface area contributed by atoms with Gasteiger partial charge in [-0.05, 0) is 75.8 Å². The number of benzene rings is 2. The molecule has 12 rings (SSSR count). The minimum absolute atomic E-state index is 0.0252. The Kier molecular flexibility index (Phi) is 6.17. The predicted molar refractivity (Wildman–Crippen MR) is 193 cm³/mol. The fraction of sp³-hybridized carbons (Fsp3) is 0.595. The highest BCUT2D eigenvalue weighted by Crippen LogP contribution is 2.73. The summed E-state index contributed by atoms with van der Waals surface area (Å²) in [5.74, 6) is -1.21. The highest BCUT2D eigenvalue weighted by molar-refractivity contribution is 5.86. The maximum absolute atomic E-state index is 14.1. The average molecular weight is 691 g/mol. The van der Waals surface area contributed by atoms with Crippen LogP contribution in [0.3, 0.4) is 0 Å². The lowest BCUT2D eigenvalue weighted by Gasteiger charge is -2.62. The Balaban J connectivity index is 1.03. The summed E-state index contributed by atoms with van der Waals surface area (Å²) in [6.07, 6.45) is 4.79. The van der Waals surface area contributed by atoms with Gasteiger partial charge in [-0.2, -0.15) is 0 Å². The third-order valence-electron chi connectivity index (χ3n) is 16.3. The Morgan fingerprint density at radius 2 is 1.86 bits per heavy atom. The van der Waals surface area contributed by atoms with Gasteiger partial charge in [0.25, 0.3) is 0 Å². The van der Waals surface area contributed by atoms with Crippen molar-refractivity contribution >= 4 is 22.6 Å². The lowest BCUT2D eigenvalue weighted by molar-refractivity contribution is -0.287. The number of esters is 1. The van der Waals surface area contributed by atoms with E-state index in [4.69, 9.17) is 9.47 Å². The number of carbonyl (C=O) groups is 1. The van der Waals surface area contributed by atoms with Gasteiger partial charge in [0.2, 0.25) is 0 Å². The molecule has 268 valence electrons. The van der Waals surface area contributed by atoms with Crippen LogP contribution in [0.1, 0.15) is 56.0 Å². The van der Waals surface area contributed by atoms with Crippen LogP contribution in [0, 0.1) is 29.1 Å². The summed E-state index contributed by atoms with van der Waals surface area (Å²) in [4.78, 5) is 21.9. The van der Waals surface area contributed by atoms with Crippen LogP contribution in [0.2, 0.25) is 0 Å². The van der Waals surface area contributed by atoms with E-state index in [9.17, 15) is 15.0 Å². The number of methoxy groups -OCH3 is 1. The molecule has 0 radical (unpaired) electrons. The first-order valence-electron chi connectivity index (χ1n) is 19.3. The van der Waals surface area contributed by atoms with Crippen molar-refractivity contribution in [2.24, 2.45) is 36.1 Å². The largest absolute Gasteiger partial charge is 0.468 e. The maximum atomic E-state index is 14.1. The second kappa shape index (κ2) is 10.1. The fourth-order valence-electron chi connectivity index (χ4n) is 14.4. The van der Waals surface area contributed by atoms with Crippen LogP contribution in [0.4, 0.5) is 5.69 Å². The lowest BCUT2D eigenvalue weighted by atomic mass is 9.58. The lowest BCUT2D eigenvalue weighted by Crippen LogP contribution is -2.72. The molecule has 7 bridgehead atoms. The van der Waals surface area contributed by atoms with Gasteiger partial charge in [0.1, 0.15) is 5.41 Å². The van der Waals surface area contributed by atoms with E-state index in [1.807, 2.05) is 6.92 Å². The topological polar surface area (TPSA) is 90.6 Å². The van der Waals surface area contributed by atoms with Gasteiger partial charge < -0.3 is 29.2 Å². The average Bonchev–Trinajstić information content (AvgIpc) is 3.66. The molecule has 2 N–H and O–H groups in total. The summed E-state index contributed by atoms with van der Waals surface area (Å²) in [6.45, 7) is 5.98. The van der Waals surface area contributed by atoms with Crippen molar-refractivity contribution in [3.63, 3.8) is 0 Å². The molecule has 9 heterocycles. The van der Waals surface area contributed by atoms with E-state index in [0.717, 1.165) is 43.5 Å². The number of aliphatic hydroxyl groups excluding tert-OH is 1. The Bertz CT molecular complexity index is 2040. The van der Waals surface area contributed by atoms with Crippen LogP contribution in [0.15, 0.2) is 60.2 Å². The number of likely N-dealkylation sites (N-methyl/N-ethyl adjacent to an activating group) is 1. The fourth-order valence-corrected chi connectivity index (χ4v) is 14.4. The SMILES string of the molecule is C/C=C1/CN2C3CC1C1(C(=O)OC)C2CC2(c4ccccc4N(CC4C5CC6c7c(c8ccccc8n7C)CC(C5COC4(C)O)N6C)C32)C1O. The van der Waals surface area contributed by atoms with Crippen molar-refractivity contribution in [3.05, 3.63) is 77.0 Å². The van der Waals surface area contributed by atoms with E-state index < -0.39 is 22.7 Å². The quantitative estimate of drug-likeness (QED) is 0.313. The number of piperidine rings is 5. The van der Waals surface area contributed by atoms with Crippen molar-refractivity contribution in [1.82, 2.24) is 14.4 Å². The summed E-state index contributed by atoms with van der Waals surface area (Å²) >= 11 is 0. The normalized spacial score (nSPS) is 46.3. The van der Waals surface area contributed by atoms with Gasteiger partial charge in [-0.25, -0.2) is 0 Å². The number of aryl methyl sites for hydroxylation is 1. The minimum atomic E-state index is -1.30. The zero-order valence-corrected chi connectivity index (χ0v) is 30.3. The standard InChI is InChI=1S/C42H50N4O5/c1-6-22-19-45-34-17-28(22)42(39(48)50-5)35(45)18-41(38(42)47)27-12-8-10-14-31(27)46(37(34)41)20-29-24-15-33-36-25(23-11-7-9-13-30(23)44(36)4)16-32(43(33)3)26(24)21-51-40(29,2)49/h6-14,24,26,28-29,32-35,37-38,47,49H,15-21H2,1-5H3/b22-6-. The molecule has 8 aliphatic heterocycles. The number of rotatable bonds is 3. The maximum Gasteiger partial charge on any atom is 0.316 e. The molecule has 51 heavy (non-hydrogen) atoms. The zero-order valence-electron chi connectivity index (χ0n) is 30.3. The van der Waals surface area contributed by atoms with Crippen molar-refractivity contribution in [3.8, 4) is 0 Å². The van der Waals surface area contributed by atoms with Gasteiger partial charge in [-0.3, -0.25) is 14.6 Å². The molecule has 9 aliphatic rings. The van der Waals surface area contributed by atoms with Crippen molar-refractivity contribution in [2.45, 2.75) is 87.0 Å². The number of para-hydroxylation sites is 2. The molecule has 0 amide bonds. The summed E-state index contributed by atoms with van der Waals surface area (Å²) in [6, 6.07) is 18.1. The van der Waals surface area contributed by atoms with Crippen LogP contribution >= 0.6 is 0 Å². The number of ether oxygens (including phenoxy) is 2. The van der Waals surface area contributed by atoms with Gasteiger partial charge >= 0.3 is 5.97 Å². The molecule has 9 nitrogen and oxygen atoms in total. The number of hydrogen-bond acceptors (Lipinski definition) is 8. The third kappa shape index (κ3) is 3.42. The van der Waals surface area contributed by atoms with Crippen LogP contribution in [0.5, 0.6) is 0 Å². The van der Waals surface area contributed by atoms with Crippen LogP contribution in [0.25, 0.3) is 10.9 Å². The molecule has 1 aromatic heterocycles. The monoisotopic (exact) mass is 690 g/mol. The molecule has 1 saturated carbocycles. The van der Waals surface area contributed by atoms with E-state index in [1.165, 1.54) is 34.8 Å². The Hall–Kier alpha value is -3.21. The molecular formula is C42H50N4O5. The number of nitrogens with zero attached hydrogens (tertiary/aromatic N) is 4. The molecule has 6 saturated heterocycles. The van der Waals surface area contributed by atoms with Gasteiger partial charge in [-0.1, -0.05) is 48.0 Å². The Morgan fingerprint density at radius 3 is 2.67 bits per heavy atom. The molecule has 14 unspecified atom stereocenters. The molecule has 1 spiro atoms. The summed E-state index contributed by atoms with van der Waals surface area (Å²) in [5, 5.41) is 26.6. The summed E-state index contributed by atoms with van der Waals surface area (Å²) < 4.78 is 14.6. The summed E-state index contributed by atoms with van der Waals surface area (Å²) in [7, 11) is 6.01. The molecule has 7 fully saturated rings. The number of allylic oxidation sites excluding steroid dienone is 1. The minimum Gasteiger partial charge on any atom is -0.468 e. The Labute approximate surface area is 299 Å². The molecule has 14 atom stereocenters. The highest BCUT2D eigenvalue weighted by atomic mass is 16.6. The van der Waals surface area contributed by atoms with Gasteiger partial charge in [0, 0.05) is 83.7 Å². The van der Waals surface area contributed by atoms with Gasteiger partial charge in [-0.15, -0.1) is 0 Å². The molecule has 9 heteroatoms. The highest BCUT2D eigenvalue weighted by Gasteiger charge is 2.83. The van der Waals surface area contributed by atoms with Gasteiger partial charge in [0.15, 0.2) is 5.79 Å². The third-order valence-corrected chi connectivity index (χ3v) is 16.3. The van der Waals surface area contributed by atoms with Gasteiger partial charge in [0.05, 0.1) is 31.9 Å². The number of aliphatic hydroxyl groups is 2. The molecule has 3 aromatic rings. The Morgan fingerprint density at radius 1 is 1.08 bits per heavy atom. The number of aromatic nitrogens is 1. The molecule has 2 aromatic carbocycles. The number of hydrogen-bond donors (Lipinski definition) is 2. The first-order chi connectivity index (χ1) is 24.6. The van der Waals surface area contributed by atoms with E-state index in [2.05, 4.69) is 94.9 Å². The first kappa shape index (κ1) is 31.3. The van der Waals surface area contributed by atoms with Crippen LogP contribution in [-0.2, 0) is 33.2 Å². The van der Waals surface area contributed by atoms with Crippen LogP contribution in [-0.4, -0.2) is 100 Å². The molecule has 1 aliphatic carbocycles. The number of fused-ring (bicyclic) bond motifs is 10. The van der Waals surface area contributed by atoms with E-state index >= 15 is 0 Å². The number of carbonyl (C=O) groups excluding carboxylic acids is 1. The molecular weight excluding hydrogens is 640 g/mol.